The summed E-state index contributed by atoms with van der Waals surface area (Å²) in [6.45, 7) is 0. The molecule has 0 aliphatic heterocycles. The van der Waals surface area contributed by atoms with Crippen LogP contribution in [-0.2, 0) is 0 Å². The Labute approximate surface area is 197 Å². The Morgan fingerprint density at radius 3 is 1.91 bits per heavy atom. The van der Waals surface area contributed by atoms with E-state index in [1.165, 1.54) is 0 Å². The molecule has 4 aromatic carbocycles. The monoisotopic (exact) mass is 473 g/mol. The predicted octanol–water partition coefficient (Wildman–Crippen LogP) is 4.45. The summed E-state index contributed by atoms with van der Waals surface area (Å²) in [5.41, 5.74) is 1.94. The van der Waals surface area contributed by atoms with E-state index in [1.807, 2.05) is 48.5 Å². The van der Waals surface area contributed by atoms with Crippen molar-refractivity contribution in [2.75, 3.05) is 0 Å². The van der Waals surface area contributed by atoms with E-state index >= 15 is 0 Å². The van der Waals surface area contributed by atoms with Gasteiger partial charge in [0.05, 0.1) is 27.7 Å². The molecule has 0 aromatic heterocycles. The molecule has 0 bridgehead atoms. The quantitative estimate of drug-likeness (QED) is 0.143. The van der Waals surface area contributed by atoms with E-state index in [9.17, 15) is 25.0 Å². The standard InChI is InChI=1S/C23H15N5O5S/c29-22(16-10-17(27(30)31)12-18(11-16)28(32)33)25-23(34)26-24-13-21-19-7-3-1-5-14(19)9-15-6-2-4-8-20(15)21/h1-13H,(H2,25,26,29,34)/b24-13+. The van der Waals surface area contributed by atoms with E-state index in [1.54, 1.807) is 6.21 Å². The van der Waals surface area contributed by atoms with Gasteiger partial charge in [0.15, 0.2) is 5.11 Å². The number of hydrazone groups is 1. The summed E-state index contributed by atoms with van der Waals surface area (Å²) in [5, 5.41) is 32.3. The predicted molar refractivity (Wildman–Crippen MR) is 132 cm³/mol. The van der Waals surface area contributed by atoms with Crippen LogP contribution in [0.15, 0.2) is 77.9 Å². The fourth-order valence-electron chi connectivity index (χ4n) is 3.48. The van der Waals surface area contributed by atoms with Crippen molar-refractivity contribution in [2.45, 2.75) is 0 Å². The maximum atomic E-state index is 12.5. The molecule has 2 N–H and O–H groups in total. The van der Waals surface area contributed by atoms with Crippen LogP contribution in [0.2, 0.25) is 0 Å². The molecule has 0 atom stereocenters. The highest BCUT2D eigenvalue weighted by molar-refractivity contribution is 7.80. The van der Waals surface area contributed by atoms with Gasteiger partial charge < -0.3 is 0 Å². The number of rotatable bonds is 5. The second-order valence-corrected chi connectivity index (χ2v) is 7.55. The number of fused-ring (bicyclic) bond motifs is 2. The van der Waals surface area contributed by atoms with Crippen LogP contribution in [0.3, 0.4) is 0 Å². The smallest absolute Gasteiger partial charge is 0.277 e. The van der Waals surface area contributed by atoms with Gasteiger partial charge in [-0.05, 0) is 39.8 Å². The fourth-order valence-corrected chi connectivity index (χ4v) is 3.63. The van der Waals surface area contributed by atoms with Crippen LogP contribution < -0.4 is 10.7 Å². The molecule has 168 valence electrons. The minimum absolute atomic E-state index is 0.181. The van der Waals surface area contributed by atoms with Crippen molar-refractivity contribution in [1.82, 2.24) is 10.7 Å². The summed E-state index contributed by atoms with van der Waals surface area (Å²) in [6, 6.07) is 20.4. The van der Waals surface area contributed by atoms with Crippen LogP contribution in [-0.4, -0.2) is 27.1 Å². The van der Waals surface area contributed by atoms with Crippen LogP contribution in [0, 0.1) is 20.2 Å². The Bertz CT molecular complexity index is 1430. The van der Waals surface area contributed by atoms with Gasteiger partial charge in [-0.25, -0.2) is 0 Å². The summed E-state index contributed by atoms with van der Waals surface area (Å²) in [6.07, 6.45) is 1.58. The van der Waals surface area contributed by atoms with E-state index in [2.05, 4.69) is 21.9 Å². The van der Waals surface area contributed by atoms with Gasteiger partial charge in [0.25, 0.3) is 17.3 Å². The number of hydrogen-bond donors (Lipinski definition) is 2. The third-order valence-electron chi connectivity index (χ3n) is 4.99. The highest BCUT2D eigenvalue weighted by Crippen LogP contribution is 2.27. The van der Waals surface area contributed by atoms with Gasteiger partial charge >= 0.3 is 0 Å². The van der Waals surface area contributed by atoms with Crippen molar-refractivity contribution in [2.24, 2.45) is 5.10 Å². The number of nitro benzene ring substituents is 2. The molecule has 0 saturated heterocycles. The molecular weight excluding hydrogens is 458 g/mol. The Kier molecular flexibility index (Phi) is 6.19. The number of benzene rings is 4. The lowest BCUT2D eigenvalue weighted by atomic mass is 9.97. The molecule has 4 aromatic rings. The van der Waals surface area contributed by atoms with Crippen molar-refractivity contribution in [3.8, 4) is 0 Å². The maximum Gasteiger partial charge on any atom is 0.277 e. The first-order valence-corrected chi connectivity index (χ1v) is 10.2. The van der Waals surface area contributed by atoms with Crippen molar-refractivity contribution in [1.29, 1.82) is 0 Å². The van der Waals surface area contributed by atoms with E-state index in [0.29, 0.717) is 0 Å². The minimum atomic E-state index is -0.852. The maximum absolute atomic E-state index is 12.5. The SMILES string of the molecule is O=C(NC(=S)N/N=C/c1c2ccccc2cc2ccccc12)c1cc([N+](=O)[O-])cc([N+](=O)[O-])c1. The lowest BCUT2D eigenvalue weighted by molar-refractivity contribution is -0.394. The van der Waals surface area contributed by atoms with Crippen molar-refractivity contribution >= 4 is 62.4 Å². The van der Waals surface area contributed by atoms with E-state index in [4.69, 9.17) is 12.2 Å². The number of amides is 1. The van der Waals surface area contributed by atoms with Crippen molar-refractivity contribution < 1.29 is 14.6 Å². The van der Waals surface area contributed by atoms with Crippen LogP contribution in [0.4, 0.5) is 11.4 Å². The van der Waals surface area contributed by atoms with Crippen LogP contribution >= 0.6 is 12.2 Å². The summed E-state index contributed by atoms with van der Waals surface area (Å²) >= 11 is 5.08. The average molecular weight is 473 g/mol. The van der Waals surface area contributed by atoms with Gasteiger partial charge in [-0.1, -0.05) is 48.5 Å². The average Bonchev–Trinajstić information content (AvgIpc) is 2.83. The second kappa shape index (κ2) is 9.38. The molecule has 0 aliphatic carbocycles. The van der Waals surface area contributed by atoms with E-state index in [-0.39, 0.29) is 10.7 Å². The molecule has 11 heteroatoms. The molecule has 0 unspecified atom stereocenters. The molecule has 0 fully saturated rings. The minimum Gasteiger partial charge on any atom is -0.298 e. The molecule has 0 spiro atoms. The number of nitro groups is 2. The van der Waals surface area contributed by atoms with Gasteiger partial charge in [0, 0.05) is 17.7 Å². The summed E-state index contributed by atoms with van der Waals surface area (Å²) in [7, 11) is 0. The summed E-state index contributed by atoms with van der Waals surface area (Å²) in [5.74, 6) is -0.852. The number of thiocarbonyl (C=S) groups is 1. The van der Waals surface area contributed by atoms with Gasteiger partial charge in [-0.3, -0.25) is 35.8 Å². The Morgan fingerprint density at radius 2 is 1.38 bits per heavy atom. The molecule has 0 aliphatic rings. The topological polar surface area (TPSA) is 140 Å². The molecule has 10 nitrogen and oxygen atoms in total. The van der Waals surface area contributed by atoms with Gasteiger partial charge in [-0.2, -0.15) is 5.10 Å². The van der Waals surface area contributed by atoms with E-state index < -0.39 is 27.1 Å². The number of hydrogen-bond acceptors (Lipinski definition) is 7. The lowest BCUT2D eigenvalue weighted by Gasteiger charge is -2.09. The fraction of sp³-hybridized carbons (Fsp3) is 0. The second-order valence-electron chi connectivity index (χ2n) is 7.14. The zero-order valence-electron chi connectivity index (χ0n) is 17.3. The summed E-state index contributed by atoms with van der Waals surface area (Å²) in [4.78, 5) is 32.9. The first kappa shape index (κ1) is 22.4. The Hall–Kier alpha value is -4.77. The van der Waals surface area contributed by atoms with Crippen molar-refractivity contribution in [3.05, 3.63) is 104 Å². The number of carbonyl (C=O) groups excluding carboxylic acids is 1. The number of non-ortho nitro benzene ring substituents is 2. The number of nitrogens with zero attached hydrogens (tertiary/aromatic N) is 3. The molecule has 0 saturated carbocycles. The van der Waals surface area contributed by atoms with Crippen molar-refractivity contribution in [3.63, 3.8) is 0 Å². The Morgan fingerprint density at radius 1 is 0.853 bits per heavy atom. The third-order valence-corrected chi connectivity index (χ3v) is 5.18. The molecule has 0 heterocycles. The summed E-state index contributed by atoms with van der Waals surface area (Å²) < 4.78 is 0. The normalized spacial score (nSPS) is 10.9. The largest absolute Gasteiger partial charge is 0.298 e. The molecule has 0 radical (unpaired) electrons. The van der Waals surface area contributed by atoms with Crippen LogP contribution in [0.1, 0.15) is 15.9 Å². The third kappa shape index (κ3) is 4.69. The Balaban J connectivity index is 1.54. The molecule has 4 rings (SSSR count). The zero-order chi connectivity index (χ0) is 24.2. The first-order valence-electron chi connectivity index (χ1n) is 9.82. The number of carbonyl (C=O) groups is 1. The zero-order valence-corrected chi connectivity index (χ0v) is 18.1. The van der Waals surface area contributed by atoms with E-state index in [0.717, 1.165) is 45.3 Å². The molecule has 34 heavy (non-hydrogen) atoms. The van der Waals surface area contributed by atoms with Crippen LogP contribution in [0.25, 0.3) is 21.5 Å². The van der Waals surface area contributed by atoms with Gasteiger partial charge in [0.2, 0.25) is 0 Å². The van der Waals surface area contributed by atoms with Crippen LogP contribution in [0.5, 0.6) is 0 Å². The molecule has 1 amide bonds. The highest BCUT2D eigenvalue weighted by atomic mass is 32.1. The molecular formula is C23H15N5O5S. The van der Waals surface area contributed by atoms with Gasteiger partial charge in [0.1, 0.15) is 0 Å². The first-order chi connectivity index (χ1) is 16.3. The van der Waals surface area contributed by atoms with Gasteiger partial charge in [-0.15, -0.1) is 0 Å². The lowest BCUT2D eigenvalue weighted by Crippen LogP contribution is -2.36. The highest BCUT2D eigenvalue weighted by Gasteiger charge is 2.20. The number of nitrogens with one attached hydrogen (secondary N) is 2.